The predicted molar refractivity (Wildman–Crippen MR) is 100 cm³/mol. The summed E-state index contributed by atoms with van der Waals surface area (Å²) in [6, 6.07) is 10.8. The second kappa shape index (κ2) is 7.37. The molecule has 6 nitrogen and oxygen atoms in total. The zero-order valence-electron chi connectivity index (χ0n) is 14.2. The smallest absolute Gasteiger partial charge is 0.262 e. The first-order chi connectivity index (χ1) is 12.7. The van der Waals surface area contributed by atoms with Crippen LogP contribution in [-0.2, 0) is 11.3 Å². The summed E-state index contributed by atoms with van der Waals surface area (Å²) in [6.07, 6.45) is 3.97. The Morgan fingerprint density at radius 3 is 2.88 bits per heavy atom. The van der Waals surface area contributed by atoms with E-state index in [2.05, 4.69) is 10.3 Å². The fraction of sp³-hybridized carbons (Fsp3) is 0.316. The number of nitrogens with zero attached hydrogens (tertiary/aromatic N) is 2. The topological polar surface area (TPSA) is 77.1 Å². The molecule has 134 valence electrons. The van der Waals surface area contributed by atoms with Gasteiger partial charge in [0.2, 0.25) is 5.91 Å². The minimum absolute atomic E-state index is 0.0335. The standard InChI is InChI=1S/C19H19N3O3S/c23-17(20-10-13-7-8-13)12-26-19-21-16-6-2-1-5-15(16)18(24)22(19)11-14-4-3-9-25-14/h1-6,9,13H,7-8,10-12H2,(H,20,23). The first-order valence-electron chi connectivity index (χ1n) is 8.62. The summed E-state index contributed by atoms with van der Waals surface area (Å²) in [6.45, 7) is 1.03. The number of nitrogens with one attached hydrogen (secondary N) is 1. The maximum Gasteiger partial charge on any atom is 0.262 e. The molecule has 1 amide bonds. The molecule has 3 aromatic rings. The van der Waals surface area contributed by atoms with E-state index in [9.17, 15) is 9.59 Å². The van der Waals surface area contributed by atoms with Crippen molar-refractivity contribution in [2.45, 2.75) is 24.5 Å². The number of rotatable bonds is 7. The normalized spacial score (nSPS) is 13.8. The number of amides is 1. The van der Waals surface area contributed by atoms with Gasteiger partial charge in [-0.1, -0.05) is 23.9 Å². The van der Waals surface area contributed by atoms with E-state index < -0.39 is 0 Å². The summed E-state index contributed by atoms with van der Waals surface area (Å²) in [7, 11) is 0. The lowest BCUT2D eigenvalue weighted by Crippen LogP contribution is -2.28. The van der Waals surface area contributed by atoms with Gasteiger partial charge in [0.15, 0.2) is 5.16 Å². The molecule has 4 rings (SSSR count). The SMILES string of the molecule is O=C(CSc1nc2ccccc2c(=O)n1Cc1ccco1)NCC1CC1. The molecule has 0 aliphatic heterocycles. The Hall–Kier alpha value is -2.54. The van der Waals surface area contributed by atoms with Crippen molar-refractivity contribution in [3.63, 3.8) is 0 Å². The molecule has 1 aliphatic rings. The quantitative estimate of drug-likeness (QED) is 0.512. The number of carbonyl (C=O) groups is 1. The second-order valence-corrected chi connectivity index (χ2v) is 7.36. The van der Waals surface area contributed by atoms with Gasteiger partial charge in [0.25, 0.3) is 5.56 Å². The summed E-state index contributed by atoms with van der Waals surface area (Å²) in [5.41, 5.74) is 0.502. The number of carbonyl (C=O) groups excluding carboxylic acids is 1. The first kappa shape index (κ1) is 16.9. The average Bonchev–Trinajstić information content (AvgIpc) is 3.35. The molecule has 1 saturated carbocycles. The molecule has 7 heteroatoms. The van der Waals surface area contributed by atoms with Crippen LogP contribution in [0.4, 0.5) is 0 Å². The molecule has 0 radical (unpaired) electrons. The summed E-state index contributed by atoms with van der Waals surface area (Å²) in [5.74, 6) is 1.51. The van der Waals surface area contributed by atoms with Crippen LogP contribution in [0.2, 0.25) is 0 Å². The van der Waals surface area contributed by atoms with Gasteiger partial charge in [0.05, 0.1) is 29.5 Å². The second-order valence-electron chi connectivity index (χ2n) is 6.42. The average molecular weight is 369 g/mol. The van der Waals surface area contributed by atoms with Crippen LogP contribution in [-0.4, -0.2) is 27.8 Å². The Kier molecular flexibility index (Phi) is 4.79. The lowest BCUT2D eigenvalue weighted by molar-refractivity contribution is -0.118. The maximum atomic E-state index is 12.9. The van der Waals surface area contributed by atoms with E-state index in [0.29, 0.717) is 27.7 Å². The van der Waals surface area contributed by atoms with Crippen LogP contribution in [0.1, 0.15) is 18.6 Å². The lowest BCUT2D eigenvalue weighted by Gasteiger charge is -2.12. The number of benzene rings is 1. The molecule has 0 atom stereocenters. The van der Waals surface area contributed by atoms with Gasteiger partial charge in [-0.25, -0.2) is 4.98 Å². The first-order valence-corrected chi connectivity index (χ1v) is 9.61. The largest absolute Gasteiger partial charge is 0.467 e. The molecule has 0 saturated heterocycles. The van der Waals surface area contributed by atoms with E-state index in [4.69, 9.17) is 4.42 Å². The van der Waals surface area contributed by atoms with Crippen molar-refractivity contribution in [3.05, 3.63) is 58.8 Å². The highest BCUT2D eigenvalue weighted by Gasteiger charge is 2.22. The fourth-order valence-corrected chi connectivity index (χ4v) is 3.55. The van der Waals surface area contributed by atoms with Crippen LogP contribution in [0.15, 0.2) is 57.0 Å². The van der Waals surface area contributed by atoms with Gasteiger partial charge in [-0.2, -0.15) is 0 Å². The monoisotopic (exact) mass is 369 g/mol. The van der Waals surface area contributed by atoms with Crippen molar-refractivity contribution < 1.29 is 9.21 Å². The summed E-state index contributed by atoms with van der Waals surface area (Å²) >= 11 is 1.28. The van der Waals surface area contributed by atoms with E-state index in [0.717, 1.165) is 6.54 Å². The Morgan fingerprint density at radius 2 is 2.12 bits per heavy atom. The third kappa shape index (κ3) is 3.83. The number of thioether (sulfide) groups is 1. The van der Waals surface area contributed by atoms with Crippen molar-refractivity contribution in [2.75, 3.05) is 12.3 Å². The summed E-state index contributed by atoms with van der Waals surface area (Å²) in [4.78, 5) is 29.6. The van der Waals surface area contributed by atoms with Crippen LogP contribution in [0, 0.1) is 5.92 Å². The Morgan fingerprint density at radius 1 is 1.27 bits per heavy atom. The van der Waals surface area contributed by atoms with Gasteiger partial charge in [-0.15, -0.1) is 0 Å². The van der Waals surface area contributed by atoms with Crippen LogP contribution in [0.25, 0.3) is 10.9 Å². The Bertz CT molecular complexity index is 977. The number of hydrogen-bond donors (Lipinski definition) is 1. The van der Waals surface area contributed by atoms with Gasteiger partial charge in [-0.3, -0.25) is 14.2 Å². The molecule has 0 unspecified atom stereocenters. The molecule has 1 N–H and O–H groups in total. The number of fused-ring (bicyclic) bond motifs is 1. The van der Waals surface area contributed by atoms with Gasteiger partial charge in [0.1, 0.15) is 5.76 Å². The van der Waals surface area contributed by atoms with Gasteiger partial charge >= 0.3 is 0 Å². The Balaban J connectivity index is 1.60. The van der Waals surface area contributed by atoms with Crippen molar-refractivity contribution in [1.29, 1.82) is 0 Å². The van der Waals surface area contributed by atoms with Gasteiger partial charge < -0.3 is 9.73 Å². The van der Waals surface area contributed by atoms with E-state index in [1.54, 1.807) is 23.0 Å². The molecule has 1 fully saturated rings. The number of aromatic nitrogens is 2. The van der Waals surface area contributed by atoms with Gasteiger partial charge in [-0.05, 0) is 43.0 Å². The van der Waals surface area contributed by atoms with Crippen molar-refractivity contribution in [3.8, 4) is 0 Å². The van der Waals surface area contributed by atoms with Crippen LogP contribution >= 0.6 is 11.8 Å². The molecule has 0 bridgehead atoms. The number of furan rings is 1. The van der Waals surface area contributed by atoms with E-state index in [1.807, 2.05) is 24.3 Å². The number of hydrogen-bond acceptors (Lipinski definition) is 5. The molecule has 2 heterocycles. The van der Waals surface area contributed by atoms with E-state index in [1.165, 1.54) is 24.6 Å². The summed E-state index contributed by atoms with van der Waals surface area (Å²) < 4.78 is 6.95. The zero-order chi connectivity index (χ0) is 17.9. The van der Waals surface area contributed by atoms with Crippen molar-refractivity contribution >= 4 is 28.6 Å². The fourth-order valence-electron chi connectivity index (χ4n) is 2.72. The van der Waals surface area contributed by atoms with Crippen LogP contribution in [0.3, 0.4) is 0 Å². The summed E-state index contributed by atoms with van der Waals surface area (Å²) in [5, 5.41) is 4.02. The third-order valence-electron chi connectivity index (χ3n) is 4.34. The molecule has 1 aromatic carbocycles. The van der Waals surface area contributed by atoms with Crippen molar-refractivity contribution in [1.82, 2.24) is 14.9 Å². The van der Waals surface area contributed by atoms with E-state index >= 15 is 0 Å². The molecular weight excluding hydrogens is 350 g/mol. The third-order valence-corrected chi connectivity index (χ3v) is 5.31. The minimum atomic E-state index is -0.132. The molecular formula is C19H19N3O3S. The highest BCUT2D eigenvalue weighted by molar-refractivity contribution is 7.99. The molecule has 26 heavy (non-hydrogen) atoms. The molecule has 0 spiro atoms. The zero-order valence-corrected chi connectivity index (χ0v) is 15.0. The Labute approximate surface area is 154 Å². The maximum absolute atomic E-state index is 12.9. The molecule has 2 aromatic heterocycles. The van der Waals surface area contributed by atoms with Crippen LogP contribution in [0.5, 0.6) is 0 Å². The van der Waals surface area contributed by atoms with Crippen molar-refractivity contribution in [2.24, 2.45) is 5.92 Å². The highest BCUT2D eigenvalue weighted by atomic mass is 32.2. The predicted octanol–water partition coefficient (Wildman–Crippen LogP) is 2.66. The minimum Gasteiger partial charge on any atom is -0.467 e. The molecule has 1 aliphatic carbocycles. The van der Waals surface area contributed by atoms with Gasteiger partial charge in [0, 0.05) is 6.54 Å². The number of para-hydroxylation sites is 1. The van der Waals surface area contributed by atoms with E-state index in [-0.39, 0.29) is 23.8 Å². The lowest BCUT2D eigenvalue weighted by atomic mass is 10.2. The highest BCUT2D eigenvalue weighted by Crippen LogP contribution is 2.27. The van der Waals surface area contributed by atoms with Crippen LogP contribution < -0.4 is 10.9 Å².